The van der Waals surface area contributed by atoms with Crippen molar-refractivity contribution in [3.63, 3.8) is 0 Å². The lowest BCUT2D eigenvalue weighted by Gasteiger charge is -2.35. The van der Waals surface area contributed by atoms with Crippen molar-refractivity contribution in [1.82, 2.24) is 4.90 Å². The van der Waals surface area contributed by atoms with Crippen molar-refractivity contribution in [3.05, 3.63) is 110 Å². The van der Waals surface area contributed by atoms with E-state index >= 15 is 0 Å². The molecular formula is C28H20ClN3O5. The SMILES string of the molecule is Cc1cc([N+](=O)[O-])ccc1N1C(=O)[C@@H]2[C@H](C1=O)[C@@H]1c3ccccc3C=CN1[C@H]2C(=O)c1ccc(Cl)cc1. The molecule has 3 heterocycles. The number of rotatable bonds is 4. The molecule has 0 aromatic heterocycles. The summed E-state index contributed by atoms with van der Waals surface area (Å²) in [6.45, 7) is 1.62. The average molecular weight is 514 g/mol. The first-order valence-corrected chi connectivity index (χ1v) is 12.1. The van der Waals surface area contributed by atoms with Crippen molar-refractivity contribution < 1.29 is 19.3 Å². The summed E-state index contributed by atoms with van der Waals surface area (Å²) in [4.78, 5) is 55.5. The van der Waals surface area contributed by atoms with Gasteiger partial charge < -0.3 is 4.90 Å². The molecule has 0 N–H and O–H groups in total. The van der Waals surface area contributed by atoms with Crippen LogP contribution < -0.4 is 4.90 Å². The van der Waals surface area contributed by atoms with E-state index in [9.17, 15) is 24.5 Å². The molecule has 3 aliphatic rings. The fourth-order valence-electron chi connectivity index (χ4n) is 5.88. The fourth-order valence-corrected chi connectivity index (χ4v) is 6.01. The van der Waals surface area contributed by atoms with Gasteiger partial charge in [0.15, 0.2) is 5.78 Å². The number of nitro groups is 1. The zero-order valence-corrected chi connectivity index (χ0v) is 20.3. The summed E-state index contributed by atoms with van der Waals surface area (Å²) in [5.74, 6) is -2.90. The highest BCUT2D eigenvalue weighted by molar-refractivity contribution is 6.30. The smallest absolute Gasteiger partial charge is 0.269 e. The van der Waals surface area contributed by atoms with Gasteiger partial charge >= 0.3 is 0 Å². The van der Waals surface area contributed by atoms with Crippen LogP contribution >= 0.6 is 11.6 Å². The highest BCUT2D eigenvalue weighted by atomic mass is 35.5. The molecule has 2 fully saturated rings. The van der Waals surface area contributed by atoms with Gasteiger partial charge in [0.2, 0.25) is 11.8 Å². The van der Waals surface area contributed by atoms with E-state index in [2.05, 4.69) is 0 Å². The normalized spacial score (nSPS) is 23.6. The maximum absolute atomic E-state index is 14.0. The van der Waals surface area contributed by atoms with Crippen LogP contribution in [0.2, 0.25) is 5.02 Å². The molecule has 8 nitrogen and oxygen atoms in total. The van der Waals surface area contributed by atoms with Crippen molar-refractivity contribution >= 4 is 46.6 Å². The molecule has 0 spiro atoms. The molecule has 0 saturated carbocycles. The summed E-state index contributed by atoms with van der Waals surface area (Å²) in [5.41, 5.74) is 2.78. The zero-order chi connectivity index (χ0) is 26.0. The summed E-state index contributed by atoms with van der Waals surface area (Å²) in [7, 11) is 0. The van der Waals surface area contributed by atoms with Gasteiger partial charge in [0, 0.05) is 28.9 Å². The lowest BCUT2D eigenvalue weighted by atomic mass is 9.83. The van der Waals surface area contributed by atoms with Gasteiger partial charge in [-0.25, -0.2) is 4.90 Å². The molecular weight excluding hydrogens is 494 g/mol. The van der Waals surface area contributed by atoms with Crippen molar-refractivity contribution in [2.24, 2.45) is 11.8 Å². The van der Waals surface area contributed by atoms with E-state index in [0.717, 1.165) is 16.0 Å². The summed E-state index contributed by atoms with van der Waals surface area (Å²) in [6.07, 6.45) is 3.69. The summed E-state index contributed by atoms with van der Waals surface area (Å²) < 4.78 is 0. The van der Waals surface area contributed by atoms with E-state index in [0.29, 0.717) is 21.8 Å². The van der Waals surface area contributed by atoms with E-state index in [1.165, 1.54) is 18.2 Å². The fraction of sp³-hybridized carbons (Fsp3) is 0.179. The monoisotopic (exact) mass is 513 g/mol. The molecule has 0 bridgehead atoms. The number of imide groups is 1. The molecule has 3 aromatic rings. The number of benzene rings is 3. The molecule has 9 heteroatoms. The molecule has 3 aromatic carbocycles. The van der Waals surface area contributed by atoms with Gasteiger partial charge in [-0.3, -0.25) is 24.5 Å². The van der Waals surface area contributed by atoms with Crippen LogP contribution in [0.4, 0.5) is 11.4 Å². The highest BCUT2D eigenvalue weighted by Crippen LogP contribution is 2.54. The Morgan fingerprint density at radius 1 is 0.973 bits per heavy atom. The van der Waals surface area contributed by atoms with Crippen molar-refractivity contribution in [2.75, 3.05) is 4.90 Å². The van der Waals surface area contributed by atoms with Crippen molar-refractivity contribution in [3.8, 4) is 0 Å². The average Bonchev–Trinajstić information content (AvgIpc) is 3.36. The Morgan fingerprint density at radius 2 is 1.68 bits per heavy atom. The minimum absolute atomic E-state index is 0.131. The van der Waals surface area contributed by atoms with Crippen molar-refractivity contribution in [2.45, 2.75) is 19.0 Å². The number of nitrogens with zero attached hydrogens (tertiary/aromatic N) is 3. The predicted molar refractivity (Wildman–Crippen MR) is 137 cm³/mol. The molecule has 2 saturated heterocycles. The number of non-ortho nitro benzene ring substituents is 1. The van der Waals surface area contributed by atoms with Gasteiger partial charge in [0.25, 0.3) is 5.69 Å². The molecule has 6 rings (SSSR count). The third-order valence-corrected chi connectivity index (χ3v) is 7.74. The number of anilines is 1. The van der Waals surface area contributed by atoms with Crippen molar-refractivity contribution in [1.29, 1.82) is 0 Å². The van der Waals surface area contributed by atoms with Crippen LogP contribution in [0.15, 0.2) is 72.9 Å². The van der Waals surface area contributed by atoms with Gasteiger partial charge in [0.1, 0.15) is 6.04 Å². The summed E-state index contributed by atoms with van der Waals surface area (Å²) in [6, 6.07) is 16.7. The standard InChI is InChI=1S/C28H20ClN3O5/c1-15-14-19(32(36)37)10-11-21(15)31-27(34)22-23(28(31)35)25(26(33)17-6-8-18(29)9-7-17)30-13-12-16-4-2-3-5-20(16)24(22)30/h2-14,22-25H,1H3/t22-,23+,24-,25+/m0/s1. The van der Waals surface area contributed by atoms with Crippen LogP contribution in [0, 0.1) is 28.9 Å². The van der Waals surface area contributed by atoms with Crippen LogP contribution in [-0.2, 0) is 9.59 Å². The van der Waals surface area contributed by atoms with E-state index in [1.54, 1.807) is 37.4 Å². The quantitative estimate of drug-likeness (QED) is 0.212. The predicted octanol–water partition coefficient (Wildman–Crippen LogP) is 4.95. The van der Waals surface area contributed by atoms with Gasteiger partial charge in [-0.1, -0.05) is 35.9 Å². The second kappa shape index (κ2) is 8.38. The number of hydrogen-bond donors (Lipinski definition) is 0. The summed E-state index contributed by atoms with van der Waals surface area (Å²) >= 11 is 6.03. The molecule has 2 amide bonds. The number of halogens is 1. The Balaban J connectivity index is 1.49. The largest absolute Gasteiger partial charge is 0.358 e. The lowest BCUT2D eigenvalue weighted by Crippen LogP contribution is -2.44. The van der Waals surface area contributed by atoms with Crippen LogP contribution in [-0.4, -0.2) is 33.5 Å². The van der Waals surface area contributed by atoms with Gasteiger partial charge in [-0.15, -0.1) is 0 Å². The Hall–Kier alpha value is -4.30. The number of aryl methyl sites for hydroxylation is 1. The first kappa shape index (κ1) is 23.1. The molecule has 184 valence electrons. The van der Waals surface area contributed by atoms with Crippen LogP contribution in [0.25, 0.3) is 6.08 Å². The number of nitro benzene ring substituents is 1. The van der Waals surface area contributed by atoms with E-state index in [4.69, 9.17) is 11.6 Å². The minimum Gasteiger partial charge on any atom is -0.358 e. The minimum atomic E-state index is -0.925. The number of fused-ring (bicyclic) bond motifs is 5. The molecule has 0 radical (unpaired) electrons. The molecule has 0 aliphatic carbocycles. The number of carbonyl (C=O) groups is 3. The maximum atomic E-state index is 14.0. The Kier molecular flexibility index (Phi) is 5.24. The van der Waals surface area contributed by atoms with E-state index in [1.807, 2.05) is 35.2 Å². The Labute approximate surface area is 216 Å². The maximum Gasteiger partial charge on any atom is 0.269 e. The number of ketones is 1. The second-order valence-corrected chi connectivity index (χ2v) is 9.88. The zero-order valence-electron chi connectivity index (χ0n) is 19.6. The first-order valence-electron chi connectivity index (χ1n) is 11.7. The Bertz CT molecular complexity index is 1530. The molecule has 37 heavy (non-hydrogen) atoms. The molecule has 4 atom stereocenters. The third-order valence-electron chi connectivity index (χ3n) is 7.49. The number of amides is 2. The number of carbonyl (C=O) groups excluding carboxylic acids is 3. The van der Waals surface area contributed by atoms with Crippen LogP contribution in [0.3, 0.4) is 0 Å². The third kappa shape index (κ3) is 3.40. The molecule has 0 unspecified atom stereocenters. The highest BCUT2D eigenvalue weighted by Gasteiger charge is 2.64. The number of hydrogen-bond acceptors (Lipinski definition) is 6. The summed E-state index contributed by atoms with van der Waals surface area (Å²) in [5, 5.41) is 11.7. The van der Waals surface area contributed by atoms with Gasteiger partial charge in [0.05, 0.1) is 28.5 Å². The lowest BCUT2D eigenvalue weighted by molar-refractivity contribution is -0.384. The number of Topliss-reactive ketones (excluding diaryl/α,β-unsaturated/α-hetero) is 1. The van der Waals surface area contributed by atoms with E-state index in [-0.39, 0.29) is 11.5 Å². The topological polar surface area (TPSA) is 101 Å². The van der Waals surface area contributed by atoms with Crippen LogP contribution in [0.1, 0.15) is 33.1 Å². The Morgan fingerprint density at radius 3 is 2.38 bits per heavy atom. The second-order valence-electron chi connectivity index (χ2n) is 9.44. The van der Waals surface area contributed by atoms with Gasteiger partial charge in [-0.2, -0.15) is 0 Å². The van der Waals surface area contributed by atoms with E-state index < -0.39 is 40.7 Å². The van der Waals surface area contributed by atoms with Gasteiger partial charge in [-0.05, 0) is 60.0 Å². The van der Waals surface area contributed by atoms with Crippen LogP contribution in [0.5, 0.6) is 0 Å². The first-order chi connectivity index (χ1) is 17.8. The molecule has 3 aliphatic heterocycles.